The van der Waals surface area contributed by atoms with Crippen molar-refractivity contribution in [3.63, 3.8) is 0 Å². The van der Waals surface area contributed by atoms with Crippen LogP contribution in [0.2, 0.25) is 0 Å². The van der Waals surface area contributed by atoms with Crippen molar-refractivity contribution in [3.8, 4) is 0 Å². The summed E-state index contributed by atoms with van der Waals surface area (Å²) in [4.78, 5) is 0. The highest BCUT2D eigenvalue weighted by Gasteiger charge is 2.12. The topological polar surface area (TPSA) is 56.4 Å². The molecule has 1 rings (SSSR count). The molecular formula is C6H10N2O. The summed E-state index contributed by atoms with van der Waals surface area (Å²) in [5.41, 5.74) is 1.07. The van der Waals surface area contributed by atoms with E-state index in [1.54, 1.807) is 0 Å². The summed E-state index contributed by atoms with van der Waals surface area (Å²) in [6, 6.07) is 0. The van der Waals surface area contributed by atoms with Crippen molar-refractivity contribution in [2.24, 2.45) is 5.16 Å². The van der Waals surface area contributed by atoms with Crippen LogP contribution in [-0.2, 0) is 0 Å². The molecule has 0 amide bonds. The molecule has 0 unspecified atom stereocenters. The van der Waals surface area contributed by atoms with Crippen LogP contribution in [-0.4, -0.2) is 16.6 Å². The fourth-order valence-electron chi connectivity index (χ4n) is 1.000. The molecule has 2 N–H and O–H groups in total. The van der Waals surface area contributed by atoms with Gasteiger partial charge in [-0.3, -0.25) is 0 Å². The maximum Gasteiger partial charge on any atom is 0.100 e. The van der Waals surface area contributed by atoms with Crippen LogP contribution in [0.4, 0.5) is 0 Å². The van der Waals surface area contributed by atoms with Crippen LogP contribution in [0, 0.1) is 5.41 Å². The molecule has 0 aromatic heterocycles. The van der Waals surface area contributed by atoms with Crippen molar-refractivity contribution in [2.75, 3.05) is 0 Å². The molecule has 50 valence electrons. The number of nitrogens with one attached hydrogen (secondary N) is 1. The predicted octanol–water partition coefficient (Wildman–Crippen LogP) is 1.41. The summed E-state index contributed by atoms with van der Waals surface area (Å²) in [5.74, 6) is 0. The van der Waals surface area contributed by atoms with Gasteiger partial charge in [-0.25, -0.2) is 0 Å². The van der Waals surface area contributed by atoms with Crippen LogP contribution in [0.1, 0.15) is 25.7 Å². The fraction of sp³-hybridized carbons (Fsp3) is 0.667. The van der Waals surface area contributed by atoms with Gasteiger partial charge in [0.05, 0.1) is 5.71 Å². The zero-order valence-corrected chi connectivity index (χ0v) is 5.22. The van der Waals surface area contributed by atoms with Crippen molar-refractivity contribution in [1.82, 2.24) is 0 Å². The first-order valence-corrected chi connectivity index (χ1v) is 3.13. The van der Waals surface area contributed by atoms with Crippen LogP contribution >= 0.6 is 0 Å². The molecular weight excluding hydrogens is 116 g/mol. The smallest absolute Gasteiger partial charge is 0.100 e. The quantitative estimate of drug-likeness (QED) is 0.374. The highest BCUT2D eigenvalue weighted by Crippen LogP contribution is 2.11. The average molecular weight is 126 g/mol. The third-order valence-corrected chi connectivity index (χ3v) is 1.56. The van der Waals surface area contributed by atoms with Gasteiger partial charge >= 0.3 is 0 Å². The maximum absolute atomic E-state index is 8.31. The van der Waals surface area contributed by atoms with E-state index in [2.05, 4.69) is 5.16 Å². The Kier molecular flexibility index (Phi) is 1.82. The molecule has 0 aromatic rings. The second kappa shape index (κ2) is 2.62. The minimum Gasteiger partial charge on any atom is -0.411 e. The lowest BCUT2D eigenvalue weighted by atomic mass is 9.97. The molecule has 0 atom stereocenters. The Morgan fingerprint density at radius 2 is 2.00 bits per heavy atom. The van der Waals surface area contributed by atoms with Crippen LogP contribution in [0.25, 0.3) is 0 Å². The molecule has 1 saturated carbocycles. The summed E-state index contributed by atoms with van der Waals surface area (Å²) < 4.78 is 0. The zero-order valence-electron chi connectivity index (χ0n) is 5.22. The maximum atomic E-state index is 8.31. The largest absolute Gasteiger partial charge is 0.411 e. The van der Waals surface area contributed by atoms with Crippen molar-refractivity contribution in [1.29, 1.82) is 5.41 Å². The Hall–Kier alpha value is -0.860. The highest BCUT2D eigenvalue weighted by molar-refractivity contribution is 6.41. The normalized spacial score (nSPS) is 24.9. The number of nitrogens with zero attached hydrogens (tertiary/aromatic N) is 1. The molecule has 0 heterocycles. The van der Waals surface area contributed by atoms with Crippen LogP contribution in [0.15, 0.2) is 5.16 Å². The van der Waals surface area contributed by atoms with E-state index in [9.17, 15) is 0 Å². The molecule has 3 heteroatoms. The van der Waals surface area contributed by atoms with E-state index in [-0.39, 0.29) is 0 Å². The molecule has 9 heavy (non-hydrogen) atoms. The monoisotopic (exact) mass is 126 g/mol. The Morgan fingerprint density at radius 1 is 1.33 bits per heavy atom. The number of hydrogen-bond donors (Lipinski definition) is 2. The molecule has 1 fully saturated rings. The van der Waals surface area contributed by atoms with E-state index in [0.29, 0.717) is 11.4 Å². The van der Waals surface area contributed by atoms with Crippen LogP contribution in [0.3, 0.4) is 0 Å². The van der Waals surface area contributed by atoms with Crippen molar-refractivity contribution in [3.05, 3.63) is 0 Å². The van der Waals surface area contributed by atoms with Gasteiger partial charge in [0, 0.05) is 0 Å². The van der Waals surface area contributed by atoms with E-state index in [4.69, 9.17) is 10.6 Å². The number of oxime groups is 1. The molecule has 0 radical (unpaired) electrons. The van der Waals surface area contributed by atoms with Crippen molar-refractivity contribution in [2.45, 2.75) is 25.7 Å². The molecule has 1 aliphatic carbocycles. The second-order valence-corrected chi connectivity index (χ2v) is 2.23. The van der Waals surface area contributed by atoms with Crippen LogP contribution < -0.4 is 0 Å². The first kappa shape index (κ1) is 6.26. The molecule has 0 aromatic carbocycles. The van der Waals surface area contributed by atoms with E-state index in [1.807, 2.05) is 0 Å². The van der Waals surface area contributed by atoms with E-state index < -0.39 is 0 Å². The molecule has 0 spiro atoms. The Labute approximate surface area is 53.9 Å². The lowest BCUT2D eigenvalue weighted by molar-refractivity contribution is 0.318. The zero-order chi connectivity index (χ0) is 6.69. The minimum atomic E-state index is 0.503. The fourth-order valence-corrected chi connectivity index (χ4v) is 1.000. The van der Waals surface area contributed by atoms with Gasteiger partial charge in [0.1, 0.15) is 5.71 Å². The summed E-state index contributed by atoms with van der Waals surface area (Å²) in [6.45, 7) is 0. The lowest BCUT2D eigenvalue weighted by Crippen LogP contribution is -2.17. The third kappa shape index (κ3) is 1.28. The first-order chi connectivity index (χ1) is 4.34. The van der Waals surface area contributed by atoms with Gasteiger partial charge in [0.15, 0.2) is 0 Å². The average Bonchev–Trinajstić information content (AvgIpc) is 1.89. The summed E-state index contributed by atoms with van der Waals surface area (Å²) in [6.07, 6.45) is 3.67. The van der Waals surface area contributed by atoms with Crippen molar-refractivity contribution >= 4 is 11.4 Å². The summed E-state index contributed by atoms with van der Waals surface area (Å²) >= 11 is 0. The lowest BCUT2D eigenvalue weighted by Gasteiger charge is -2.10. The van der Waals surface area contributed by atoms with Gasteiger partial charge in [-0.2, -0.15) is 0 Å². The van der Waals surface area contributed by atoms with E-state index in [1.165, 1.54) is 0 Å². The van der Waals surface area contributed by atoms with Gasteiger partial charge in [0.2, 0.25) is 0 Å². The van der Waals surface area contributed by atoms with E-state index >= 15 is 0 Å². The minimum absolute atomic E-state index is 0.503. The summed E-state index contributed by atoms with van der Waals surface area (Å²) in [5, 5.41) is 18.6. The Bertz CT molecular complexity index is 151. The molecule has 0 bridgehead atoms. The highest BCUT2D eigenvalue weighted by atomic mass is 16.4. The van der Waals surface area contributed by atoms with Gasteiger partial charge in [-0.05, 0) is 25.7 Å². The SMILES string of the molecule is N=C1CCCC/C1=N/O. The Balaban J connectivity index is 2.60. The number of rotatable bonds is 0. The van der Waals surface area contributed by atoms with Gasteiger partial charge in [0.25, 0.3) is 0 Å². The number of hydrogen-bond acceptors (Lipinski definition) is 3. The van der Waals surface area contributed by atoms with Gasteiger partial charge < -0.3 is 10.6 Å². The molecule has 0 aliphatic heterocycles. The van der Waals surface area contributed by atoms with Gasteiger partial charge in [-0.15, -0.1) is 0 Å². The third-order valence-electron chi connectivity index (χ3n) is 1.56. The predicted molar refractivity (Wildman–Crippen MR) is 35.4 cm³/mol. The molecule has 3 nitrogen and oxygen atoms in total. The summed E-state index contributed by atoms with van der Waals surface area (Å²) in [7, 11) is 0. The van der Waals surface area contributed by atoms with Crippen molar-refractivity contribution < 1.29 is 5.21 Å². The van der Waals surface area contributed by atoms with Gasteiger partial charge in [-0.1, -0.05) is 5.16 Å². The molecule has 1 aliphatic rings. The Morgan fingerprint density at radius 3 is 2.44 bits per heavy atom. The van der Waals surface area contributed by atoms with E-state index in [0.717, 1.165) is 25.7 Å². The second-order valence-electron chi connectivity index (χ2n) is 2.23. The standard InChI is InChI=1S/C6H10N2O/c7-5-3-1-2-4-6(5)8-9/h7,9H,1-4H2/b7-5?,8-6-. The van der Waals surface area contributed by atoms with Crippen LogP contribution in [0.5, 0.6) is 0 Å². The first-order valence-electron chi connectivity index (χ1n) is 3.13. The molecule has 0 saturated heterocycles.